The van der Waals surface area contributed by atoms with Crippen molar-refractivity contribution in [1.82, 2.24) is 21.4 Å². The zero-order valence-corrected chi connectivity index (χ0v) is 9.27. The Morgan fingerprint density at radius 2 is 2.17 bits per heavy atom. The summed E-state index contributed by atoms with van der Waals surface area (Å²) >= 11 is 0. The van der Waals surface area contributed by atoms with E-state index in [1.165, 1.54) is 12.3 Å². The maximum absolute atomic E-state index is 13.5. The number of benzene rings is 1. The van der Waals surface area contributed by atoms with Crippen LogP contribution in [0.2, 0.25) is 0 Å². The minimum absolute atomic E-state index is 0.275. The molecular formula is C11H10FN5O. The molecule has 92 valence electrons. The number of hydrazine groups is 2. The van der Waals surface area contributed by atoms with Crippen molar-refractivity contribution in [1.29, 1.82) is 0 Å². The third-order valence-electron chi connectivity index (χ3n) is 2.72. The second kappa shape index (κ2) is 4.02. The van der Waals surface area contributed by atoms with Crippen LogP contribution in [0.4, 0.5) is 4.39 Å². The molecule has 0 aromatic heterocycles. The molecule has 1 aromatic carbocycles. The maximum Gasteiger partial charge on any atom is 0.276 e. The van der Waals surface area contributed by atoms with E-state index in [9.17, 15) is 9.18 Å². The predicted molar refractivity (Wildman–Crippen MR) is 61.9 cm³/mol. The fourth-order valence-electron chi connectivity index (χ4n) is 1.82. The highest BCUT2D eigenvalue weighted by Gasteiger charge is 2.30. The number of amides is 1. The number of hydrazone groups is 1. The van der Waals surface area contributed by atoms with E-state index in [0.717, 1.165) is 0 Å². The molecule has 3 N–H and O–H groups in total. The first kappa shape index (κ1) is 10.6. The lowest BCUT2D eigenvalue weighted by Crippen LogP contribution is -2.46. The van der Waals surface area contributed by atoms with Gasteiger partial charge in [-0.15, -0.1) is 5.10 Å². The SMILES string of the molecule is O=C1NNN=C2C1=CNN2Cc1ccccc1F. The molecule has 1 aromatic rings. The Balaban J connectivity index is 1.83. The largest absolute Gasteiger partial charge is 0.303 e. The molecule has 0 saturated heterocycles. The van der Waals surface area contributed by atoms with Gasteiger partial charge in [-0.25, -0.2) is 15.4 Å². The van der Waals surface area contributed by atoms with Gasteiger partial charge in [-0.2, -0.15) is 0 Å². The summed E-state index contributed by atoms with van der Waals surface area (Å²) in [5.74, 6) is -0.118. The molecule has 0 spiro atoms. The number of nitrogens with zero attached hydrogens (tertiary/aromatic N) is 2. The van der Waals surface area contributed by atoms with Crippen molar-refractivity contribution in [2.75, 3.05) is 0 Å². The van der Waals surface area contributed by atoms with Crippen LogP contribution < -0.4 is 16.4 Å². The fraction of sp³-hybridized carbons (Fsp3) is 0.0909. The van der Waals surface area contributed by atoms with Gasteiger partial charge in [0, 0.05) is 11.8 Å². The highest BCUT2D eigenvalue weighted by molar-refractivity contribution is 6.22. The molecule has 6 nitrogen and oxygen atoms in total. The van der Waals surface area contributed by atoms with Crippen molar-refractivity contribution in [3.05, 3.63) is 47.4 Å². The van der Waals surface area contributed by atoms with E-state index in [-0.39, 0.29) is 18.3 Å². The normalized spacial score (nSPS) is 17.2. The van der Waals surface area contributed by atoms with Gasteiger partial charge in [0.25, 0.3) is 5.91 Å². The Morgan fingerprint density at radius 1 is 1.33 bits per heavy atom. The minimum Gasteiger partial charge on any atom is -0.303 e. The van der Waals surface area contributed by atoms with Crippen LogP contribution in [0.1, 0.15) is 5.56 Å². The van der Waals surface area contributed by atoms with Crippen molar-refractivity contribution in [3.8, 4) is 0 Å². The van der Waals surface area contributed by atoms with E-state index in [1.54, 1.807) is 23.2 Å². The Morgan fingerprint density at radius 3 is 3.00 bits per heavy atom. The van der Waals surface area contributed by atoms with Gasteiger partial charge < -0.3 is 5.43 Å². The molecule has 1 amide bonds. The first-order valence-corrected chi connectivity index (χ1v) is 5.36. The van der Waals surface area contributed by atoms with Crippen molar-refractivity contribution in [3.63, 3.8) is 0 Å². The third-order valence-corrected chi connectivity index (χ3v) is 2.72. The number of hydrogen-bond donors (Lipinski definition) is 3. The van der Waals surface area contributed by atoms with E-state index in [1.807, 2.05) is 0 Å². The number of carbonyl (C=O) groups is 1. The molecular weight excluding hydrogens is 237 g/mol. The smallest absolute Gasteiger partial charge is 0.276 e. The van der Waals surface area contributed by atoms with Crippen molar-refractivity contribution >= 4 is 11.7 Å². The lowest BCUT2D eigenvalue weighted by Gasteiger charge is -2.22. The lowest BCUT2D eigenvalue weighted by atomic mass is 10.2. The molecule has 7 heteroatoms. The third kappa shape index (κ3) is 1.65. The average Bonchev–Trinajstić information content (AvgIpc) is 2.77. The first-order chi connectivity index (χ1) is 8.75. The Kier molecular flexibility index (Phi) is 2.36. The van der Waals surface area contributed by atoms with Gasteiger partial charge in [0.1, 0.15) is 11.4 Å². The zero-order valence-electron chi connectivity index (χ0n) is 9.27. The van der Waals surface area contributed by atoms with Gasteiger partial charge in [0.15, 0.2) is 5.84 Å². The van der Waals surface area contributed by atoms with E-state index in [0.29, 0.717) is 17.0 Å². The van der Waals surface area contributed by atoms with E-state index in [2.05, 4.69) is 21.5 Å². The highest BCUT2D eigenvalue weighted by Crippen LogP contribution is 2.16. The van der Waals surface area contributed by atoms with Gasteiger partial charge in [-0.1, -0.05) is 18.2 Å². The second-order valence-corrected chi connectivity index (χ2v) is 3.87. The number of nitrogens with one attached hydrogen (secondary N) is 3. The molecule has 0 radical (unpaired) electrons. The van der Waals surface area contributed by atoms with Crippen LogP contribution in [-0.4, -0.2) is 16.8 Å². The molecule has 0 unspecified atom stereocenters. The van der Waals surface area contributed by atoms with E-state index >= 15 is 0 Å². The van der Waals surface area contributed by atoms with Gasteiger partial charge in [-0.3, -0.25) is 9.80 Å². The summed E-state index contributed by atoms with van der Waals surface area (Å²) in [4.78, 5) is 11.5. The summed E-state index contributed by atoms with van der Waals surface area (Å²) in [6.07, 6.45) is 1.54. The van der Waals surface area contributed by atoms with Gasteiger partial charge in [0.05, 0.1) is 6.54 Å². The fourth-order valence-corrected chi connectivity index (χ4v) is 1.82. The molecule has 2 aliphatic heterocycles. The molecule has 2 aliphatic rings. The summed E-state index contributed by atoms with van der Waals surface area (Å²) in [6.45, 7) is 0.278. The molecule has 0 saturated carbocycles. The number of amidine groups is 1. The van der Waals surface area contributed by atoms with Crippen LogP contribution in [0.3, 0.4) is 0 Å². The van der Waals surface area contributed by atoms with E-state index in [4.69, 9.17) is 0 Å². The number of fused-ring (bicyclic) bond motifs is 1. The van der Waals surface area contributed by atoms with Crippen molar-refractivity contribution < 1.29 is 9.18 Å². The van der Waals surface area contributed by atoms with Crippen LogP contribution in [0.5, 0.6) is 0 Å². The predicted octanol–water partition coefficient (Wildman–Crippen LogP) is -0.0223. The van der Waals surface area contributed by atoms with E-state index < -0.39 is 0 Å². The van der Waals surface area contributed by atoms with Crippen LogP contribution in [-0.2, 0) is 11.3 Å². The lowest BCUT2D eigenvalue weighted by molar-refractivity contribution is -0.118. The Hall–Kier alpha value is -2.57. The second-order valence-electron chi connectivity index (χ2n) is 3.87. The molecule has 0 fully saturated rings. The Labute approximate surface area is 102 Å². The number of halogens is 1. The van der Waals surface area contributed by atoms with Gasteiger partial charge >= 0.3 is 0 Å². The summed E-state index contributed by atoms with van der Waals surface area (Å²) in [6, 6.07) is 6.47. The van der Waals surface area contributed by atoms with Gasteiger partial charge in [-0.05, 0) is 6.07 Å². The van der Waals surface area contributed by atoms with Crippen molar-refractivity contribution in [2.24, 2.45) is 5.10 Å². The number of hydrogen-bond acceptors (Lipinski definition) is 5. The number of rotatable bonds is 2. The van der Waals surface area contributed by atoms with Crippen LogP contribution in [0.15, 0.2) is 41.1 Å². The van der Waals surface area contributed by atoms with Crippen LogP contribution in [0.25, 0.3) is 0 Å². The molecule has 3 rings (SSSR count). The van der Waals surface area contributed by atoms with Gasteiger partial charge in [0.2, 0.25) is 0 Å². The number of carbonyl (C=O) groups excluding carboxylic acids is 1. The van der Waals surface area contributed by atoms with Crippen LogP contribution >= 0.6 is 0 Å². The topological polar surface area (TPSA) is 68.8 Å². The zero-order chi connectivity index (χ0) is 12.5. The quantitative estimate of drug-likeness (QED) is 0.687. The minimum atomic E-state index is -0.290. The summed E-state index contributed by atoms with van der Waals surface area (Å²) < 4.78 is 13.5. The molecule has 18 heavy (non-hydrogen) atoms. The highest BCUT2D eigenvalue weighted by atomic mass is 19.1. The first-order valence-electron chi connectivity index (χ1n) is 5.36. The standard InChI is InChI=1S/C11H10FN5O/c12-9-4-2-1-3-7(9)6-17-10-8(5-13-17)11(18)15-16-14-10/h1-5,13,16H,6H2,(H,15,18). The molecule has 0 bridgehead atoms. The maximum atomic E-state index is 13.5. The average molecular weight is 247 g/mol. The summed E-state index contributed by atoms with van der Waals surface area (Å²) in [5, 5.41) is 5.55. The Bertz CT molecular complexity index is 568. The van der Waals surface area contributed by atoms with Crippen LogP contribution in [0, 0.1) is 5.82 Å². The monoisotopic (exact) mass is 247 g/mol. The molecule has 0 aliphatic carbocycles. The molecule has 2 heterocycles. The summed E-state index contributed by atoms with van der Waals surface area (Å²) in [7, 11) is 0. The summed E-state index contributed by atoms with van der Waals surface area (Å²) in [5.41, 5.74) is 8.59. The molecule has 0 atom stereocenters. The van der Waals surface area contributed by atoms with Crippen molar-refractivity contribution in [2.45, 2.75) is 6.54 Å².